The van der Waals surface area contributed by atoms with Crippen molar-refractivity contribution in [2.45, 2.75) is 44.8 Å². The Balaban J connectivity index is 2.72. The molecule has 1 aromatic heterocycles. The topological polar surface area (TPSA) is 66.0 Å². The number of methoxy groups -OCH3 is 1. The van der Waals surface area contributed by atoms with Gasteiger partial charge in [0.1, 0.15) is 0 Å². The van der Waals surface area contributed by atoms with E-state index in [1.54, 1.807) is 11.8 Å². The molecule has 1 rings (SSSR count). The molecular formula is C11H22N4O. The molecule has 0 aliphatic rings. The van der Waals surface area contributed by atoms with Crippen molar-refractivity contribution in [1.29, 1.82) is 0 Å². The highest BCUT2D eigenvalue weighted by Crippen LogP contribution is 2.24. The summed E-state index contributed by atoms with van der Waals surface area (Å²) < 4.78 is 7.29. The average Bonchev–Trinajstić information content (AvgIpc) is 2.67. The fourth-order valence-electron chi connectivity index (χ4n) is 2.11. The van der Waals surface area contributed by atoms with Crippen LogP contribution < -0.4 is 5.73 Å². The van der Waals surface area contributed by atoms with Crippen molar-refractivity contribution >= 4 is 0 Å². The van der Waals surface area contributed by atoms with Gasteiger partial charge in [-0.1, -0.05) is 19.1 Å². The first kappa shape index (κ1) is 13.1. The van der Waals surface area contributed by atoms with Crippen LogP contribution in [-0.4, -0.2) is 33.7 Å². The van der Waals surface area contributed by atoms with E-state index < -0.39 is 0 Å². The molecule has 0 saturated carbocycles. The van der Waals surface area contributed by atoms with Gasteiger partial charge in [0.25, 0.3) is 0 Å². The number of nitrogens with two attached hydrogens (primary N) is 1. The van der Waals surface area contributed by atoms with Crippen LogP contribution >= 0.6 is 0 Å². The van der Waals surface area contributed by atoms with Crippen molar-refractivity contribution in [2.24, 2.45) is 12.8 Å². The van der Waals surface area contributed by atoms with Gasteiger partial charge in [0.2, 0.25) is 0 Å². The van der Waals surface area contributed by atoms with Gasteiger partial charge in [-0.3, -0.25) is 4.68 Å². The number of rotatable bonds is 6. The highest BCUT2D eigenvalue weighted by Gasteiger charge is 2.33. The van der Waals surface area contributed by atoms with E-state index in [2.05, 4.69) is 24.2 Å². The summed E-state index contributed by atoms with van der Waals surface area (Å²) >= 11 is 0. The Morgan fingerprint density at radius 2 is 2.12 bits per heavy atom. The van der Waals surface area contributed by atoms with Crippen LogP contribution in [0.15, 0.2) is 6.20 Å². The van der Waals surface area contributed by atoms with E-state index in [-0.39, 0.29) is 11.6 Å². The lowest BCUT2D eigenvalue weighted by Gasteiger charge is -2.35. The number of ether oxygens (including phenoxy) is 1. The quantitative estimate of drug-likeness (QED) is 0.782. The Kier molecular flexibility index (Phi) is 4.44. The SMILES string of the molecule is CCC(CC)(OC)C(N)Cc1cn(C)nn1. The molecule has 1 atom stereocenters. The number of aryl methyl sites for hydroxylation is 1. The predicted octanol–water partition coefficient (Wildman–Crippen LogP) is 0.890. The molecule has 1 unspecified atom stereocenters. The Hall–Kier alpha value is -0.940. The van der Waals surface area contributed by atoms with E-state index in [4.69, 9.17) is 10.5 Å². The van der Waals surface area contributed by atoms with Crippen LogP contribution in [0.5, 0.6) is 0 Å². The summed E-state index contributed by atoms with van der Waals surface area (Å²) in [6, 6.07) is -0.0517. The maximum atomic E-state index is 6.22. The zero-order chi connectivity index (χ0) is 12.2. The van der Waals surface area contributed by atoms with Crippen molar-refractivity contribution < 1.29 is 4.74 Å². The molecule has 0 aliphatic heterocycles. The molecule has 5 heteroatoms. The highest BCUT2D eigenvalue weighted by atomic mass is 16.5. The lowest BCUT2D eigenvalue weighted by atomic mass is 9.86. The first-order chi connectivity index (χ1) is 7.57. The van der Waals surface area contributed by atoms with Gasteiger partial charge in [-0.2, -0.15) is 0 Å². The van der Waals surface area contributed by atoms with Crippen LogP contribution in [0.4, 0.5) is 0 Å². The van der Waals surface area contributed by atoms with Crippen LogP contribution in [0, 0.1) is 0 Å². The molecule has 1 heterocycles. The molecule has 0 amide bonds. The summed E-state index contributed by atoms with van der Waals surface area (Å²) in [5, 5.41) is 7.95. The second-order valence-corrected chi connectivity index (χ2v) is 4.17. The van der Waals surface area contributed by atoms with E-state index in [9.17, 15) is 0 Å². The molecule has 0 bridgehead atoms. The Morgan fingerprint density at radius 1 is 1.50 bits per heavy atom. The molecule has 0 saturated heterocycles. The van der Waals surface area contributed by atoms with Crippen LogP contribution in [0.1, 0.15) is 32.4 Å². The minimum atomic E-state index is -0.252. The summed E-state index contributed by atoms with van der Waals surface area (Å²) in [4.78, 5) is 0. The summed E-state index contributed by atoms with van der Waals surface area (Å²) in [5.41, 5.74) is 6.89. The molecule has 0 aromatic carbocycles. The Labute approximate surface area is 97.0 Å². The summed E-state index contributed by atoms with van der Waals surface area (Å²) in [7, 11) is 3.58. The van der Waals surface area contributed by atoms with Crippen molar-refractivity contribution in [3.05, 3.63) is 11.9 Å². The van der Waals surface area contributed by atoms with E-state index >= 15 is 0 Å². The summed E-state index contributed by atoms with van der Waals surface area (Å²) in [5.74, 6) is 0. The van der Waals surface area contributed by atoms with Crippen LogP contribution in [0.2, 0.25) is 0 Å². The number of hydrogen-bond donors (Lipinski definition) is 1. The molecular weight excluding hydrogens is 204 g/mol. The second-order valence-electron chi connectivity index (χ2n) is 4.17. The van der Waals surface area contributed by atoms with Gasteiger partial charge in [0, 0.05) is 32.8 Å². The molecule has 0 radical (unpaired) electrons. The minimum Gasteiger partial charge on any atom is -0.377 e. The monoisotopic (exact) mass is 226 g/mol. The fraction of sp³-hybridized carbons (Fsp3) is 0.818. The maximum absolute atomic E-state index is 6.22. The lowest BCUT2D eigenvalue weighted by Crippen LogP contribution is -2.50. The molecule has 0 fully saturated rings. The van der Waals surface area contributed by atoms with Crippen molar-refractivity contribution in [3.8, 4) is 0 Å². The average molecular weight is 226 g/mol. The van der Waals surface area contributed by atoms with E-state index in [1.165, 1.54) is 0 Å². The highest BCUT2D eigenvalue weighted by molar-refractivity contribution is 5.01. The third-order valence-electron chi connectivity index (χ3n) is 3.36. The molecule has 1 aromatic rings. The molecule has 5 nitrogen and oxygen atoms in total. The normalized spacial score (nSPS) is 14.1. The van der Waals surface area contributed by atoms with Gasteiger partial charge in [0.05, 0.1) is 11.3 Å². The molecule has 16 heavy (non-hydrogen) atoms. The summed E-state index contributed by atoms with van der Waals surface area (Å²) in [6.07, 6.45) is 4.40. The van der Waals surface area contributed by atoms with E-state index in [1.807, 2.05) is 13.2 Å². The van der Waals surface area contributed by atoms with Crippen LogP contribution in [0.3, 0.4) is 0 Å². The van der Waals surface area contributed by atoms with Gasteiger partial charge in [-0.25, -0.2) is 0 Å². The predicted molar refractivity (Wildman–Crippen MR) is 63.0 cm³/mol. The van der Waals surface area contributed by atoms with Gasteiger partial charge >= 0.3 is 0 Å². The fourth-order valence-corrected chi connectivity index (χ4v) is 2.11. The third-order valence-corrected chi connectivity index (χ3v) is 3.36. The van der Waals surface area contributed by atoms with Gasteiger partial charge < -0.3 is 10.5 Å². The van der Waals surface area contributed by atoms with Crippen LogP contribution in [-0.2, 0) is 18.2 Å². The van der Waals surface area contributed by atoms with E-state index in [0.29, 0.717) is 6.42 Å². The van der Waals surface area contributed by atoms with Crippen LogP contribution in [0.25, 0.3) is 0 Å². The van der Waals surface area contributed by atoms with Gasteiger partial charge in [-0.15, -0.1) is 5.10 Å². The van der Waals surface area contributed by atoms with Gasteiger partial charge in [0.15, 0.2) is 0 Å². The maximum Gasteiger partial charge on any atom is 0.0843 e. The van der Waals surface area contributed by atoms with E-state index in [0.717, 1.165) is 18.5 Å². The number of nitrogens with zero attached hydrogens (tertiary/aromatic N) is 3. The van der Waals surface area contributed by atoms with Crippen molar-refractivity contribution in [3.63, 3.8) is 0 Å². The lowest BCUT2D eigenvalue weighted by molar-refractivity contribution is -0.0376. The van der Waals surface area contributed by atoms with Gasteiger partial charge in [-0.05, 0) is 12.8 Å². The Morgan fingerprint density at radius 3 is 2.50 bits per heavy atom. The minimum absolute atomic E-state index is 0.0517. The molecule has 2 N–H and O–H groups in total. The largest absolute Gasteiger partial charge is 0.377 e. The molecule has 0 aliphatic carbocycles. The molecule has 0 spiro atoms. The third kappa shape index (κ3) is 2.59. The first-order valence-electron chi connectivity index (χ1n) is 5.74. The summed E-state index contributed by atoms with van der Waals surface area (Å²) in [6.45, 7) is 4.20. The number of aromatic nitrogens is 3. The molecule has 92 valence electrons. The zero-order valence-corrected chi connectivity index (χ0v) is 10.6. The standard InChI is InChI=1S/C11H22N4O/c1-5-11(6-2,16-4)10(12)7-9-8-15(3)14-13-9/h8,10H,5-7,12H2,1-4H3. The Bertz CT molecular complexity index is 311. The second kappa shape index (κ2) is 5.41. The first-order valence-corrected chi connectivity index (χ1v) is 5.74. The zero-order valence-electron chi connectivity index (χ0n) is 10.6. The smallest absolute Gasteiger partial charge is 0.0843 e. The number of hydrogen-bond acceptors (Lipinski definition) is 4. The van der Waals surface area contributed by atoms with Crippen molar-refractivity contribution in [2.75, 3.05) is 7.11 Å². The van der Waals surface area contributed by atoms with Crippen molar-refractivity contribution in [1.82, 2.24) is 15.0 Å².